The average molecular weight is 386 g/mol. The average Bonchev–Trinajstić information content (AvgIpc) is 2.76. The lowest BCUT2D eigenvalue weighted by atomic mass is 9.86. The molecule has 2 aromatic rings. The van der Waals surface area contributed by atoms with Gasteiger partial charge in [0.05, 0.1) is 12.2 Å². The third-order valence-electron chi connectivity index (χ3n) is 5.10. The standard InChI is InChI=1S/C22H26O6/c1-13(15-9-5-3-6-10-15)17(23)19(25)21(27)22(28)20(26)18(24)14(2)16-11-7-4-8-12-16/h3-14,17-20,23-26H,1-2H3/t13?,14?,17?,18?,19-,20+. The normalized spacial score (nSPS) is 17.8. The first kappa shape index (κ1) is 21.9. The highest BCUT2D eigenvalue weighted by molar-refractivity contribution is 6.40. The molecule has 0 aromatic heterocycles. The summed E-state index contributed by atoms with van der Waals surface area (Å²) in [6.45, 7) is 3.23. The molecule has 0 amide bonds. The Labute approximate surface area is 164 Å². The second-order valence-corrected chi connectivity index (χ2v) is 7.00. The lowest BCUT2D eigenvalue weighted by Crippen LogP contribution is -2.48. The molecule has 0 heterocycles. The van der Waals surface area contributed by atoms with Gasteiger partial charge in [-0.15, -0.1) is 0 Å². The smallest absolute Gasteiger partial charge is 0.232 e. The highest BCUT2D eigenvalue weighted by Crippen LogP contribution is 2.24. The minimum absolute atomic E-state index is 0.613. The summed E-state index contributed by atoms with van der Waals surface area (Å²) in [7, 11) is 0. The highest BCUT2D eigenvalue weighted by atomic mass is 16.3. The summed E-state index contributed by atoms with van der Waals surface area (Å²) in [6, 6.07) is 17.5. The van der Waals surface area contributed by atoms with E-state index in [1.165, 1.54) is 0 Å². The van der Waals surface area contributed by atoms with Crippen molar-refractivity contribution in [3.8, 4) is 0 Å². The number of hydrogen-bond acceptors (Lipinski definition) is 6. The van der Waals surface area contributed by atoms with Gasteiger partial charge in [0.1, 0.15) is 12.2 Å². The first-order chi connectivity index (χ1) is 13.3. The molecular weight excluding hydrogens is 360 g/mol. The fraction of sp³-hybridized carbons (Fsp3) is 0.364. The van der Waals surface area contributed by atoms with E-state index in [2.05, 4.69) is 0 Å². The third-order valence-corrected chi connectivity index (χ3v) is 5.10. The van der Waals surface area contributed by atoms with Crippen LogP contribution in [0.3, 0.4) is 0 Å². The van der Waals surface area contributed by atoms with Crippen LogP contribution in [0.1, 0.15) is 36.8 Å². The Balaban J connectivity index is 2.06. The molecule has 6 nitrogen and oxygen atoms in total. The second-order valence-electron chi connectivity index (χ2n) is 7.00. The molecule has 2 aromatic carbocycles. The zero-order valence-electron chi connectivity index (χ0n) is 15.8. The first-order valence-corrected chi connectivity index (χ1v) is 9.16. The van der Waals surface area contributed by atoms with Gasteiger partial charge in [0.15, 0.2) is 0 Å². The van der Waals surface area contributed by atoms with E-state index in [-0.39, 0.29) is 0 Å². The number of aliphatic hydroxyl groups is 4. The fourth-order valence-electron chi connectivity index (χ4n) is 3.06. The van der Waals surface area contributed by atoms with Gasteiger partial charge in [-0.3, -0.25) is 9.59 Å². The molecule has 0 aliphatic carbocycles. The van der Waals surface area contributed by atoms with Crippen molar-refractivity contribution in [2.45, 2.75) is 50.1 Å². The van der Waals surface area contributed by atoms with Crippen molar-refractivity contribution in [1.82, 2.24) is 0 Å². The van der Waals surface area contributed by atoms with Gasteiger partial charge >= 0.3 is 0 Å². The Morgan fingerprint density at radius 3 is 1.18 bits per heavy atom. The molecule has 28 heavy (non-hydrogen) atoms. The summed E-state index contributed by atoms with van der Waals surface area (Å²) in [6.07, 6.45) is -7.07. The van der Waals surface area contributed by atoms with E-state index in [1.54, 1.807) is 74.5 Å². The summed E-state index contributed by atoms with van der Waals surface area (Å²) in [4.78, 5) is 24.6. The zero-order valence-corrected chi connectivity index (χ0v) is 15.8. The monoisotopic (exact) mass is 386 g/mol. The summed E-state index contributed by atoms with van der Waals surface area (Å²) >= 11 is 0. The molecule has 0 aliphatic rings. The van der Waals surface area contributed by atoms with Gasteiger partial charge < -0.3 is 20.4 Å². The van der Waals surface area contributed by atoms with Gasteiger partial charge in [-0.1, -0.05) is 74.5 Å². The molecule has 4 N–H and O–H groups in total. The molecule has 0 spiro atoms. The van der Waals surface area contributed by atoms with Crippen molar-refractivity contribution in [3.05, 3.63) is 71.8 Å². The van der Waals surface area contributed by atoms with E-state index < -0.39 is 47.8 Å². The summed E-state index contributed by atoms with van der Waals surface area (Å²) in [5, 5.41) is 40.9. The third kappa shape index (κ3) is 4.91. The number of carbonyl (C=O) groups is 2. The molecule has 0 radical (unpaired) electrons. The van der Waals surface area contributed by atoms with Crippen molar-refractivity contribution in [1.29, 1.82) is 0 Å². The molecule has 0 fully saturated rings. The highest BCUT2D eigenvalue weighted by Gasteiger charge is 2.39. The van der Waals surface area contributed by atoms with E-state index in [4.69, 9.17) is 0 Å². The minimum atomic E-state index is -2.00. The van der Waals surface area contributed by atoms with Crippen LogP contribution in [0.4, 0.5) is 0 Å². The Kier molecular flexibility index (Phi) is 7.60. The Morgan fingerprint density at radius 2 is 0.893 bits per heavy atom. The van der Waals surface area contributed by atoms with Gasteiger partial charge in [0.2, 0.25) is 11.6 Å². The van der Waals surface area contributed by atoms with E-state index in [0.29, 0.717) is 11.1 Å². The van der Waals surface area contributed by atoms with Crippen LogP contribution in [0, 0.1) is 0 Å². The lowest BCUT2D eigenvalue weighted by molar-refractivity contribution is -0.153. The molecule has 0 saturated heterocycles. The molecule has 0 saturated carbocycles. The first-order valence-electron chi connectivity index (χ1n) is 9.16. The number of rotatable bonds is 9. The number of benzene rings is 2. The van der Waals surface area contributed by atoms with Crippen LogP contribution >= 0.6 is 0 Å². The topological polar surface area (TPSA) is 115 Å². The molecular formula is C22H26O6. The maximum absolute atomic E-state index is 12.3. The van der Waals surface area contributed by atoms with Crippen LogP contribution < -0.4 is 0 Å². The van der Waals surface area contributed by atoms with Crippen molar-refractivity contribution >= 4 is 11.6 Å². The minimum Gasteiger partial charge on any atom is -0.389 e. The Morgan fingerprint density at radius 1 is 0.607 bits per heavy atom. The largest absolute Gasteiger partial charge is 0.389 e. The van der Waals surface area contributed by atoms with E-state index in [0.717, 1.165) is 0 Å². The predicted octanol–water partition coefficient (Wildman–Crippen LogP) is 1.18. The number of Topliss-reactive ketones (excluding diaryl/α,β-unsaturated/α-hetero) is 2. The summed E-state index contributed by atoms with van der Waals surface area (Å²) in [5.74, 6) is -3.89. The number of ketones is 2. The van der Waals surface area contributed by atoms with Crippen LogP contribution in [0.15, 0.2) is 60.7 Å². The van der Waals surface area contributed by atoms with Gasteiger partial charge in [0, 0.05) is 11.8 Å². The van der Waals surface area contributed by atoms with E-state index in [1.807, 2.05) is 0 Å². The van der Waals surface area contributed by atoms with Crippen molar-refractivity contribution in [2.24, 2.45) is 0 Å². The van der Waals surface area contributed by atoms with Crippen molar-refractivity contribution in [2.75, 3.05) is 0 Å². The molecule has 0 aliphatic heterocycles. The van der Waals surface area contributed by atoms with Gasteiger partial charge in [-0.05, 0) is 11.1 Å². The Hall–Kier alpha value is -2.38. The maximum Gasteiger partial charge on any atom is 0.232 e. The molecule has 6 atom stereocenters. The molecule has 0 bridgehead atoms. The summed E-state index contributed by atoms with van der Waals surface area (Å²) in [5.41, 5.74) is 1.38. The summed E-state index contributed by atoms with van der Waals surface area (Å²) < 4.78 is 0. The molecule has 150 valence electrons. The van der Waals surface area contributed by atoms with Crippen LogP contribution in [-0.2, 0) is 9.59 Å². The van der Waals surface area contributed by atoms with Crippen LogP contribution in [0.5, 0.6) is 0 Å². The van der Waals surface area contributed by atoms with Crippen LogP contribution in [-0.4, -0.2) is 56.4 Å². The van der Waals surface area contributed by atoms with E-state index in [9.17, 15) is 30.0 Å². The second kappa shape index (κ2) is 9.71. The SMILES string of the molecule is CC(c1ccccc1)C(O)[C@H](O)C(=O)C(=O)[C@H](O)C(O)C(C)c1ccccc1. The van der Waals surface area contributed by atoms with Gasteiger partial charge in [0.25, 0.3) is 0 Å². The van der Waals surface area contributed by atoms with Crippen LogP contribution in [0.2, 0.25) is 0 Å². The van der Waals surface area contributed by atoms with Crippen molar-refractivity contribution in [3.63, 3.8) is 0 Å². The number of hydrogen-bond donors (Lipinski definition) is 4. The number of aliphatic hydroxyl groups excluding tert-OH is 4. The van der Waals surface area contributed by atoms with E-state index >= 15 is 0 Å². The zero-order chi connectivity index (χ0) is 20.8. The Bertz CT molecular complexity index is 709. The maximum atomic E-state index is 12.3. The fourth-order valence-corrected chi connectivity index (χ4v) is 3.06. The van der Waals surface area contributed by atoms with Gasteiger partial charge in [-0.2, -0.15) is 0 Å². The quantitative estimate of drug-likeness (QED) is 0.481. The van der Waals surface area contributed by atoms with Crippen molar-refractivity contribution < 1.29 is 30.0 Å². The number of carbonyl (C=O) groups excluding carboxylic acids is 2. The molecule has 4 unspecified atom stereocenters. The van der Waals surface area contributed by atoms with Crippen LogP contribution in [0.25, 0.3) is 0 Å². The lowest BCUT2D eigenvalue weighted by Gasteiger charge is -2.26. The molecule has 6 heteroatoms. The van der Waals surface area contributed by atoms with Gasteiger partial charge in [-0.25, -0.2) is 0 Å². The predicted molar refractivity (Wildman–Crippen MR) is 104 cm³/mol. The molecule has 2 rings (SSSR count).